The van der Waals surface area contributed by atoms with E-state index >= 15 is 0 Å². The molecule has 1 aromatic carbocycles. The smallest absolute Gasteiger partial charge is 0.332 e. The van der Waals surface area contributed by atoms with Crippen LogP contribution >= 0.6 is 0 Å². The second-order valence-corrected chi connectivity index (χ2v) is 9.21. The van der Waals surface area contributed by atoms with E-state index in [-0.39, 0.29) is 41.0 Å². The molecule has 1 atom stereocenters. The molecule has 1 fully saturated rings. The topological polar surface area (TPSA) is 146 Å². The molecule has 2 aromatic heterocycles. The van der Waals surface area contributed by atoms with Gasteiger partial charge in [0.05, 0.1) is 12.1 Å². The predicted octanol–water partition coefficient (Wildman–Crippen LogP) is 0.713. The number of fused-ring (bicyclic) bond motifs is 1. The Balaban J connectivity index is 1.79. The number of benzene rings is 1. The number of allylic oxidation sites excluding steroid dienone is 1. The zero-order valence-electron chi connectivity index (χ0n) is 21.8. The Morgan fingerprint density at radius 2 is 2.03 bits per heavy atom. The summed E-state index contributed by atoms with van der Waals surface area (Å²) < 4.78 is 9.37. The molecule has 0 bridgehead atoms. The minimum absolute atomic E-state index is 0.0176. The molecule has 1 aliphatic rings. The lowest BCUT2D eigenvalue weighted by atomic mass is 10.1. The summed E-state index contributed by atoms with van der Waals surface area (Å²) >= 11 is 0. The number of ether oxygens (including phenoxy) is 1. The summed E-state index contributed by atoms with van der Waals surface area (Å²) in [5.74, 6) is -0.147. The lowest BCUT2D eigenvalue weighted by molar-refractivity contribution is -0.122. The maximum Gasteiger partial charge on any atom is 0.332 e. The maximum absolute atomic E-state index is 13.7. The molecule has 3 N–H and O–H groups in total. The number of imidazole rings is 1. The van der Waals surface area contributed by atoms with E-state index < -0.39 is 23.6 Å². The molecule has 0 aliphatic carbocycles. The first kappa shape index (κ1) is 26.9. The molecular weight excluding hydrogens is 490 g/mol. The van der Waals surface area contributed by atoms with E-state index in [4.69, 9.17) is 10.5 Å². The molecule has 202 valence electrons. The molecular formula is C26H33N7O5. The normalized spacial score (nSPS) is 15.8. The predicted molar refractivity (Wildman–Crippen MR) is 145 cm³/mol. The van der Waals surface area contributed by atoms with Gasteiger partial charge in [0, 0.05) is 39.4 Å². The van der Waals surface area contributed by atoms with Gasteiger partial charge in [-0.25, -0.2) is 4.79 Å². The highest BCUT2D eigenvalue weighted by Crippen LogP contribution is 2.24. The minimum Gasteiger partial charge on any atom is -0.483 e. The number of aryl methyl sites for hydroxylation is 1. The van der Waals surface area contributed by atoms with Gasteiger partial charge in [-0.3, -0.25) is 28.1 Å². The first-order valence-corrected chi connectivity index (χ1v) is 12.6. The Morgan fingerprint density at radius 1 is 1.26 bits per heavy atom. The van der Waals surface area contributed by atoms with E-state index in [9.17, 15) is 19.2 Å². The van der Waals surface area contributed by atoms with Gasteiger partial charge in [-0.15, -0.1) is 0 Å². The summed E-state index contributed by atoms with van der Waals surface area (Å²) in [6.45, 7) is 2.50. The molecule has 12 nitrogen and oxygen atoms in total. The monoisotopic (exact) mass is 523 g/mol. The van der Waals surface area contributed by atoms with Crippen molar-refractivity contribution in [3.8, 4) is 5.75 Å². The first-order valence-electron chi connectivity index (χ1n) is 12.6. The average Bonchev–Trinajstić information content (AvgIpc) is 3.31. The summed E-state index contributed by atoms with van der Waals surface area (Å²) in [6.07, 6.45) is 6.19. The highest BCUT2D eigenvalue weighted by atomic mass is 16.5. The quantitative estimate of drug-likeness (QED) is 0.390. The SMILES string of the molecule is CC/C=C/n1c(N2CCC[C@H](N)C2)nc2c1c(=O)n(CC(=O)c1ccccc1OCC(=O)NC)c(=O)n2C. The van der Waals surface area contributed by atoms with Crippen LogP contribution in [0.25, 0.3) is 17.4 Å². The highest BCUT2D eigenvalue weighted by molar-refractivity contribution is 5.98. The van der Waals surface area contributed by atoms with Crippen molar-refractivity contribution in [2.75, 3.05) is 31.6 Å². The van der Waals surface area contributed by atoms with Crippen LogP contribution in [0.3, 0.4) is 0 Å². The van der Waals surface area contributed by atoms with Crippen molar-refractivity contribution >= 4 is 35.0 Å². The standard InChI is InChI=1S/C26H33N7O5/c1-4-5-13-32-22-23(29-25(32)31-12-8-9-17(27)14-31)30(3)26(37)33(24(22)36)15-19(34)18-10-6-7-11-20(18)38-16-21(35)28-2/h5-7,10-11,13,17H,4,8-9,12,14-16,27H2,1-3H3,(H,28,35)/b13-5+/t17-/m0/s1. The first-order chi connectivity index (χ1) is 18.3. The zero-order valence-corrected chi connectivity index (χ0v) is 21.8. The third-order valence-electron chi connectivity index (χ3n) is 6.52. The van der Waals surface area contributed by atoms with E-state index in [1.165, 1.54) is 24.7 Å². The van der Waals surface area contributed by atoms with Gasteiger partial charge in [0.15, 0.2) is 23.6 Å². The average molecular weight is 524 g/mol. The number of para-hydroxylation sites is 1. The van der Waals surface area contributed by atoms with Gasteiger partial charge >= 0.3 is 5.69 Å². The van der Waals surface area contributed by atoms with Crippen LogP contribution in [0.15, 0.2) is 39.9 Å². The maximum atomic E-state index is 13.7. The van der Waals surface area contributed by atoms with Gasteiger partial charge in [-0.1, -0.05) is 25.1 Å². The molecule has 0 saturated carbocycles. The molecule has 3 aromatic rings. The molecule has 12 heteroatoms. The fraction of sp³-hybridized carbons (Fsp3) is 0.423. The van der Waals surface area contributed by atoms with Crippen molar-refractivity contribution in [3.05, 3.63) is 56.7 Å². The Labute approximate surface area is 219 Å². The van der Waals surface area contributed by atoms with E-state index in [1.807, 2.05) is 17.9 Å². The molecule has 0 radical (unpaired) electrons. The lowest BCUT2D eigenvalue weighted by Gasteiger charge is -2.31. The molecule has 0 spiro atoms. The summed E-state index contributed by atoms with van der Waals surface area (Å²) in [6, 6.07) is 6.38. The fourth-order valence-corrected chi connectivity index (χ4v) is 4.50. The number of likely N-dealkylation sites (N-methyl/N-ethyl adjacent to an activating group) is 1. The van der Waals surface area contributed by atoms with E-state index in [0.717, 1.165) is 30.4 Å². The van der Waals surface area contributed by atoms with Crippen molar-refractivity contribution in [1.29, 1.82) is 0 Å². The number of nitrogens with zero attached hydrogens (tertiary/aromatic N) is 5. The number of hydrogen-bond acceptors (Lipinski definition) is 8. The van der Waals surface area contributed by atoms with Gasteiger partial charge in [0.25, 0.3) is 11.5 Å². The second kappa shape index (κ2) is 11.5. The van der Waals surface area contributed by atoms with Gasteiger partial charge < -0.3 is 20.7 Å². The highest BCUT2D eigenvalue weighted by Gasteiger charge is 2.26. The van der Waals surface area contributed by atoms with Crippen molar-refractivity contribution in [1.82, 2.24) is 24.0 Å². The summed E-state index contributed by atoms with van der Waals surface area (Å²) in [5.41, 5.74) is 5.50. The second-order valence-electron chi connectivity index (χ2n) is 9.21. The summed E-state index contributed by atoms with van der Waals surface area (Å²) in [4.78, 5) is 58.6. The zero-order chi connectivity index (χ0) is 27.4. The Hall–Kier alpha value is -4.19. The number of Topliss-reactive ketones (excluding diaryl/α,β-unsaturated/α-hetero) is 1. The molecule has 1 aliphatic heterocycles. The fourth-order valence-electron chi connectivity index (χ4n) is 4.50. The van der Waals surface area contributed by atoms with Crippen molar-refractivity contribution in [2.24, 2.45) is 12.8 Å². The number of aromatic nitrogens is 4. The van der Waals surface area contributed by atoms with Crippen molar-refractivity contribution in [3.63, 3.8) is 0 Å². The van der Waals surface area contributed by atoms with Crippen molar-refractivity contribution in [2.45, 2.75) is 38.8 Å². The van der Waals surface area contributed by atoms with Gasteiger partial charge in [-0.2, -0.15) is 4.98 Å². The Bertz CT molecular complexity index is 1500. The number of ketones is 1. The number of hydrogen-bond donors (Lipinski definition) is 2. The third-order valence-corrected chi connectivity index (χ3v) is 6.52. The van der Waals surface area contributed by atoms with E-state index in [2.05, 4.69) is 10.3 Å². The number of nitrogens with one attached hydrogen (secondary N) is 1. The number of carbonyl (C=O) groups is 2. The van der Waals surface area contributed by atoms with Crippen molar-refractivity contribution < 1.29 is 14.3 Å². The van der Waals surface area contributed by atoms with Gasteiger partial charge in [0.1, 0.15) is 5.75 Å². The Kier molecular flexibility index (Phi) is 8.10. The molecule has 0 unspecified atom stereocenters. The largest absolute Gasteiger partial charge is 0.483 e. The van der Waals surface area contributed by atoms with Gasteiger partial charge in [-0.05, 0) is 31.4 Å². The minimum atomic E-state index is -0.661. The number of carbonyl (C=O) groups excluding carboxylic acids is 2. The summed E-state index contributed by atoms with van der Waals surface area (Å²) in [5, 5.41) is 2.45. The van der Waals surface area contributed by atoms with Crippen LogP contribution in [0.5, 0.6) is 5.75 Å². The van der Waals surface area contributed by atoms with Crippen LogP contribution in [0.2, 0.25) is 0 Å². The number of piperidine rings is 1. The van der Waals surface area contributed by atoms with Gasteiger partial charge in [0.2, 0.25) is 5.95 Å². The van der Waals surface area contributed by atoms with E-state index in [0.29, 0.717) is 12.5 Å². The summed E-state index contributed by atoms with van der Waals surface area (Å²) in [7, 11) is 3.00. The molecule has 1 amide bonds. The van der Waals surface area contributed by atoms with E-state index in [1.54, 1.807) is 29.0 Å². The van der Waals surface area contributed by atoms with Crippen LogP contribution in [0.1, 0.15) is 36.5 Å². The molecule has 4 rings (SSSR count). The lowest BCUT2D eigenvalue weighted by Crippen LogP contribution is -2.43. The van der Waals surface area contributed by atoms with Crippen LogP contribution in [-0.2, 0) is 18.4 Å². The molecule has 38 heavy (non-hydrogen) atoms. The number of anilines is 1. The number of amides is 1. The Morgan fingerprint density at radius 3 is 2.74 bits per heavy atom. The van der Waals surface area contributed by atoms with Crippen LogP contribution < -0.4 is 31.9 Å². The van der Waals surface area contributed by atoms with Crippen LogP contribution in [0, 0.1) is 0 Å². The third kappa shape index (κ3) is 5.25. The number of rotatable bonds is 9. The number of nitrogens with two attached hydrogens (primary N) is 1. The van der Waals surface area contributed by atoms with Crippen LogP contribution in [-0.4, -0.2) is 63.2 Å². The molecule has 1 saturated heterocycles. The van der Waals surface area contributed by atoms with Crippen LogP contribution in [0.4, 0.5) is 5.95 Å². The molecule has 3 heterocycles.